The van der Waals surface area contributed by atoms with E-state index in [2.05, 4.69) is 10.3 Å². The Morgan fingerprint density at radius 2 is 2.28 bits per heavy atom. The van der Waals surface area contributed by atoms with E-state index in [9.17, 15) is 4.79 Å². The van der Waals surface area contributed by atoms with Crippen molar-refractivity contribution in [3.05, 3.63) is 41.6 Å². The molecule has 1 aromatic heterocycles. The van der Waals surface area contributed by atoms with Crippen LogP contribution in [-0.4, -0.2) is 10.9 Å². The molecular weight excluding hydrogens is 232 g/mol. The highest BCUT2D eigenvalue weighted by Crippen LogP contribution is 2.23. The molecule has 2 aromatic rings. The van der Waals surface area contributed by atoms with Gasteiger partial charge in [-0.3, -0.25) is 4.79 Å². The van der Waals surface area contributed by atoms with Crippen LogP contribution >= 0.6 is 0 Å². The SMILES string of the molecule is Cc1cnc(CNc2c(N)cccc2C(N)=O)o1. The molecule has 0 aliphatic carbocycles. The Balaban J connectivity index is 2.20. The summed E-state index contributed by atoms with van der Waals surface area (Å²) in [5, 5.41) is 3.01. The molecule has 0 radical (unpaired) electrons. The highest BCUT2D eigenvalue weighted by atomic mass is 16.4. The molecule has 0 spiro atoms. The van der Waals surface area contributed by atoms with Crippen molar-refractivity contribution >= 4 is 17.3 Å². The maximum Gasteiger partial charge on any atom is 0.250 e. The zero-order valence-corrected chi connectivity index (χ0v) is 9.93. The van der Waals surface area contributed by atoms with Crippen molar-refractivity contribution in [3.8, 4) is 0 Å². The molecule has 1 amide bonds. The molecule has 0 fully saturated rings. The number of nitrogen functional groups attached to an aromatic ring is 1. The van der Waals surface area contributed by atoms with Crippen molar-refractivity contribution in [2.75, 3.05) is 11.1 Å². The van der Waals surface area contributed by atoms with Gasteiger partial charge >= 0.3 is 0 Å². The Morgan fingerprint density at radius 1 is 1.50 bits per heavy atom. The molecule has 94 valence electrons. The van der Waals surface area contributed by atoms with Crippen molar-refractivity contribution < 1.29 is 9.21 Å². The Morgan fingerprint density at radius 3 is 2.89 bits per heavy atom. The van der Waals surface area contributed by atoms with Crippen molar-refractivity contribution in [3.63, 3.8) is 0 Å². The maximum absolute atomic E-state index is 11.3. The van der Waals surface area contributed by atoms with Crippen LogP contribution in [0.4, 0.5) is 11.4 Å². The number of hydrogen-bond acceptors (Lipinski definition) is 5. The van der Waals surface area contributed by atoms with Crippen LogP contribution in [-0.2, 0) is 6.54 Å². The largest absolute Gasteiger partial charge is 0.444 e. The van der Waals surface area contributed by atoms with Crippen LogP contribution in [0.25, 0.3) is 0 Å². The second kappa shape index (κ2) is 4.79. The molecule has 6 heteroatoms. The van der Waals surface area contributed by atoms with Gasteiger partial charge in [-0.15, -0.1) is 0 Å². The summed E-state index contributed by atoms with van der Waals surface area (Å²) < 4.78 is 5.31. The van der Waals surface area contributed by atoms with Gasteiger partial charge in [-0.2, -0.15) is 0 Å². The highest BCUT2D eigenvalue weighted by Gasteiger charge is 2.11. The standard InChI is InChI=1S/C12H14N4O2/c1-7-5-15-10(18-7)6-16-11-8(12(14)17)3-2-4-9(11)13/h2-5,16H,6,13H2,1H3,(H2,14,17). The lowest BCUT2D eigenvalue weighted by Crippen LogP contribution is -2.15. The fourth-order valence-electron chi connectivity index (χ4n) is 1.62. The summed E-state index contributed by atoms with van der Waals surface area (Å²) in [7, 11) is 0. The molecule has 0 aliphatic rings. The average Bonchev–Trinajstić information content (AvgIpc) is 2.73. The number of rotatable bonds is 4. The van der Waals surface area contributed by atoms with Crippen LogP contribution in [0.15, 0.2) is 28.8 Å². The van der Waals surface area contributed by atoms with Gasteiger partial charge in [0, 0.05) is 0 Å². The van der Waals surface area contributed by atoms with Gasteiger partial charge in [-0.25, -0.2) is 4.98 Å². The number of para-hydroxylation sites is 1. The van der Waals surface area contributed by atoms with E-state index in [1.807, 2.05) is 6.92 Å². The summed E-state index contributed by atoms with van der Waals surface area (Å²) in [5.41, 5.74) is 12.4. The lowest BCUT2D eigenvalue weighted by molar-refractivity contribution is 0.100. The van der Waals surface area contributed by atoms with E-state index < -0.39 is 5.91 Å². The lowest BCUT2D eigenvalue weighted by Gasteiger charge is -2.11. The van der Waals surface area contributed by atoms with Gasteiger partial charge < -0.3 is 21.2 Å². The number of benzene rings is 1. The summed E-state index contributed by atoms with van der Waals surface area (Å²) in [6, 6.07) is 4.98. The molecule has 0 bridgehead atoms. The molecule has 2 rings (SSSR count). The maximum atomic E-state index is 11.3. The zero-order chi connectivity index (χ0) is 13.1. The molecule has 6 nitrogen and oxygen atoms in total. The van der Waals surface area contributed by atoms with Crippen molar-refractivity contribution in [1.29, 1.82) is 0 Å². The number of nitrogens with zero attached hydrogens (tertiary/aromatic N) is 1. The van der Waals surface area contributed by atoms with E-state index in [1.54, 1.807) is 24.4 Å². The highest BCUT2D eigenvalue weighted by molar-refractivity contribution is 6.01. The van der Waals surface area contributed by atoms with Gasteiger partial charge in [-0.05, 0) is 19.1 Å². The van der Waals surface area contributed by atoms with E-state index in [4.69, 9.17) is 15.9 Å². The Hall–Kier alpha value is -2.50. The number of aryl methyl sites for hydroxylation is 1. The number of nitrogens with two attached hydrogens (primary N) is 2. The first-order valence-electron chi connectivity index (χ1n) is 5.41. The summed E-state index contributed by atoms with van der Waals surface area (Å²) in [4.78, 5) is 15.3. The average molecular weight is 246 g/mol. The van der Waals surface area contributed by atoms with Crippen molar-refractivity contribution in [2.45, 2.75) is 13.5 Å². The van der Waals surface area contributed by atoms with Crippen LogP contribution in [0, 0.1) is 6.92 Å². The van der Waals surface area contributed by atoms with Gasteiger partial charge in [0.15, 0.2) is 0 Å². The number of amides is 1. The van der Waals surface area contributed by atoms with E-state index >= 15 is 0 Å². The lowest BCUT2D eigenvalue weighted by atomic mass is 10.1. The molecule has 0 atom stereocenters. The Kier molecular flexibility index (Phi) is 3.18. The molecule has 1 aromatic carbocycles. The predicted molar refractivity (Wildman–Crippen MR) is 67.9 cm³/mol. The van der Waals surface area contributed by atoms with Gasteiger partial charge in [0.2, 0.25) is 5.89 Å². The van der Waals surface area contributed by atoms with E-state index in [1.165, 1.54) is 0 Å². The van der Waals surface area contributed by atoms with Crippen LogP contribution in [0.3, 0.4) is 0 Å². The molecule has 0 saturated carbocycles. The third kappa shape index (κ3) is 2.42. The number of oxazole rings is 1. The topological polar surface area (TPSA) is 107 Å². The van der Waals surface area contributed by atoms with Crippen molar-refractivity contribution in [1.82, 2.24) is 4.98 Å². The summed E-state index contributed by atoms with van der Waals surface area (Å²) >= 11 is 0. The normalized spacial score (nSPS) is 10.3. The van der Waals surface area contributed by atoms with E-state index in [0.717, 1.165) is 5.76 Å². The van der Waals surface area contributed by atoms with Gasteiger partial charge in [-0.1, -0.05) is 6.07 Å². The number of nitrogens with one attached hydrogen (secondary N) is 1. The molecule has 5 N–H and O–H groups in total. The number of hydrogen-bond donors (Lipinski definition) is 3. The van der Waals surface area contributed by atoms with E-state index in [-0.39, 0.29) is 0 Å². The molecule has 0 aliphatic heterocycles. The van der Waals surface area contributed by atoms with Crippen LogP contribution in [0.5, 0.6) is 0 Å². The molecular formula is C12H14N4O2. The summed E-state index contributed by atoms with van der Waals surface area (Å²) in [6.45, 7) is 2.14. The zero-order valence-electron chi connectivity index (χ0n) is 9.93. The van der Waals surface area contributed by atoms with Gasteiger partial charge in [0.25, 0.3) is 5.91 Å². The van der Waals surface area contributed by atoms with E-state index in [0.29, 0.717) is 29.4 Å². The number of aromatic nitrogens is 1. The minimum atomic E-state index is -0.534. The van der Waals surface area contributed by atoms with Crippen LogP contribution in [0.1, 0.15) is 22.0 Å². The quantitative estimate of drug-likeness (QED) is 0.704. The smallest absolute Gasteiger partial charge is 0.250 e. The van der Waals surface area contributed by atoms with Crippen molar-refractivity contribution in [2.24, 2.45) is 5.73 Å². The fourth-order valence-corrected chi connectivity index (χ4v) is 1.62. The van der Waals surface area contributed by atoms with Crippen LogP contribution < -0.4 is 16.8 Å². The number of primary amides is 1. The molecule has 1 heterocycles. The first-order valence-corrected chi connectivity index (χ1v) is 5.41. The minimum absolute atomic E-state index is 0.336. The van der Waals surface area contributed by atoms with Gasteiger partial charge in [0.1, 0.15) is 5.76 Å². The van der Waals surface area contributed by atoms with Crippen LogP contribution in [0.2, 0.25) is 0 Å². The first-order chi connectivity index (χ1) is 8.58. The second-order valence-corrected chi connectivity index (χ2v) is 3.85. The molecule has 0 unspecified atom stereocenters. The summed E-state index contributed by atoms with van der Waals surface area (Å²) in [6.07, 6.45) is 1.63. The number of carbonyl (C=O) groups is 1. The molecule has 0 saturated heterocycles. The third-order valence-corrected chi connectivity index (χ3v) is 2.45. The van der Waals surface area contributed by atoms with Gasteiger partial charge in [0.05, 0.1) is 29.7 Å². The Labute approximate surface area is 104 Å². The Bertz CT molecular complexity index is 577. The first kappa shape index (κ1) is 12.0. The third-order valence-electron chi connectivity index (χ3n) is 2.45. The molecule has 18 heavy (non-hydrogen) atoms. The number of anilines is 2. The fraction of sp³-hybridized carbons (Fsp3) is 0.167. The second-order valence-electron chi connectivity index (χ2n) is 3.85. The summed E-state index contributed by atoms with van der Waals surface area (Å²) in [5.74, 6) is 0.711. The predicted octanol–water partition coefficient (Wildman–Crippen LogP) is 1.28. The monoisotopic (exact) mass is 246 g/mol. The number of carbonyl (C=O) groups excluding carboxylic acids is 1. The minimum Gasteiger partial charge on any atom is -0.444 e.